The smallest absolute Gasteiger partial charge is 0.341 e. The Morgan fingerprint density at radius 3 is 2.50 bits per heavy atom. The molecule has 28 heavy (non-hydrogen) atoms. The van der Waals surface area contributed by atoms with Crippen molar-refractivity contribution in [2.24, 2.45) is 0 Å². The van der Waals surface area contributed by atoms with E-state index in [-0.39, 0.29) is 17.1 Å². The van der Waals surface area contributed by atoms with Crippen LogP contribution in [0.4, 0.5) is 10.1 Å². The molecule has 1 amide bonds. The van der Waals surface area contributed by atoms with Gasteiger partial charge in [-0.2, -0.15) is 5.26 Å². The van der Waals surface area contributed by atoms with E-state index in [2.05, 4.69) is 5.32 Å². The van der Waals surface area contributed by atoms with Gasteiger partial charge < -0.3 is 19.9 Å². The zero-order valence-corrected chi connectivity index (χ0v) is 14.9. The summed E-state index contributed by atoms with van der Waals surface area (Å²) in [6.07, 6.45) is 1.35. The minimum atomic E-state index is -1.13. The molecule has 0 heterocycles. The highest BCUT2D eigenvalue weighted by molar-refractivity contribution is 6.09. The number of aliphatic carboxylic acids is 1. The van der Waals surface area contributed by atoms with Crippen LogP contribution in [0.2, 0.25) is 0 Å². The van der Waals surface area contributed by atoms with Crippen molar-refractivity contribution >= 4 is 23.6 Å². The van der Waals surface area contributed by atoms with Crippen LogP contribution in [-0.4, -0.2) is 30.2 Å². The van der Waals surface area contributed by atoms with E-state index in [4.69, 9.17) is 14.6 Å². The number of carbonyl (C=O) groups excluding carboxylic acids is 1. The van der Waals surface area contributed by atoms with Crippen molar-refractivity contribution in [3.8, 4) is 17.6 Å². The molecule has 0 aromatic heterocycles. The fraction of sp³-hybridized carbons (Fsp3) is 0.150. The van der Waals surface area contributed by atoms with E-state index in [1.54, 1.807) is 13.0 Å². The van der Waals surface area contributed by atoms with Crippen molar-refractivity contribution in [2.45, 2.75) is 6.92 Å². The lowest BCUT2D eigenvalue weighted by Crippen LogP contribution is -2.13. The number of amides is 1. The molecule has 0 aliphatic heterocycles. The second kappa shape index (κ2) is 9.73. The topological polar surface area (TPSA) is 109 Å². The molecule has 0 unspecified atom stereocenters. The van der Waals surface area contributed by atoms with Gasteiger partial charge in [-0.3, -0.25) is 4.79 Å². The minimum absolute atomic E-state index is 0.175. The fourth-order valence-electron chi connectivity index (χ4n) is 2.19. The van der Waals surface area contributed by atoms with Crippen LogP contribution in [0.3, 0.4) is 0 Å². The second-order valence-corrected chi connectivity index (χ2v) is 5.45. The molecule has 7 nitrogen and oxygen atoms in total. The molecule has 0 fully saturated rings. The van der Waals surface area contributed by atoms with Gasteiger partial charge in [0, 0.05) is 5.69 Å². The van der Waals surface area contributed by atoms with Crippen molar-refractivity contribution in [1.82, 2.24) is 0 Å². The highest BCUT2D eigenvalue weighted by atomic mass is 19.1. The minimum Gasteiger partial charge on any atom is -0.490 e. The summed E-state index contributed by atoms with van der Waals surface area (Å²) in [4.78, 5) is 22.9. The van der Waals surface area contributed by atoms with E-state index in [0.29, 0.717) is 17.9 Å². The number of hydrogen-bond acceptors (Lipinski definition) is 5. The Labute approximate surface area is 160 Å². The van der Waals surface area contributed by atoms with Gasteiger partial charge in [0.05, 0.1) is 6.61 Å². The van der Waals surface area contributed by atoms with E-state index < -0.39 is 24.3 Å². The molecule has 8 heteroatoms. The molecule has 2 aromatic rings. The van der Waals surface area contributed by atoms with Crippen molar-refractivity contribution < 1.29 is 28.6 Å². The summed E-state index contributed by atoms with van der Waals surface area (Å²) in [7, 11) is 0. The van der Waals surface area contributed by atoms with E-state index >= 15 is 0 Å². The van der Waals surface area contributed by atoms with Crippen LogP contribution in [0.25, 0.3) is 6.08 Å². The summed E-state index contributed by atoms with van der Waals surface area (Å²) >= 11 is 0. The third kappa shape index (κ3) is 5.85. The number of ether oxygens (including phenoxy) is 2. The monoisotopic (exact) mass is 384 g/mol. The molecule has 0 aliphatic rings. The van der Waals surface area contributed by atoms with Crippen LogP contribution in [0.1, 0.15) is 12.5 Å². The molecule has 2 rings (SSSR count). The number of anilines is 1. The molecule has 2 N–H and O–H groups in total. The summed E-state index contributed by atoms with van der Waals surface area (Å²) in [5, 5.41) is 20.5. The van der Waals surface area contributed by atoms with E-state index in [0.717, 1.165) is 0 Å². The van der Waals surface area contributed by atoms with Gasteiger partial charge in [-0.1, -0.05) is 6.07 Å². The third-order valence-electron chi connectivity index (χ3n) is 3.40. The van der Waals surface area contributed by atoms with Gasteiger partial charge in [-0.05, 0) is 55.0 Å². The average Bonchev–Trinajstić information content (AvgIpc) is 2.67. The van der Waals surface area contributed by atoms with Gasteiger partial charge >= 0.3 is 5.97 Å². The Kier molecular flexibility index (Phi) is 7.11. The van der Waals surface area contributed by atoms with Crippen LogP contribution in [-0.2, 0) is 9.59 Å². The molecular weight excluding hydrogens is 367 g/mol. The Balaban J connectivity index is 2.23. The number of carbonyl (C=O) groups is 2. The van der Waals surface area contributed by atoms with Gasteiger partial charge in [0.25, 0.3) is 5.91 Å². The number of benzene rings is 2. The molecule has 0 saturated carbocycles. The fourth-order valence-corrected chi connectivity index (χ4v) is 2.19. The first-order chi connectivity index (χ1) is 13.4. The maximum atomic E-state index is 12.9. The number of carboxylic acids is 1. The molecule has 0 aliphatic carbocycles. The Morgan fingerprint density at radius 2 is 1.89 bits per heavy atom. The van der Waals surface area contributed by atoms with Crippen molar-refractivity contribution in [2.75, 3.05) is 18.5 Å². The maximum absolute atomic E-state index is 12.9. The zero-order valence-electron chi connectivity index (χ0n) is 14.9. The average molecular weight is 384 g/mol. The first-order valence-electron chi connectivity index (χ1n) is 8.23. The number of nitriles is 1. The maximum Gasteiger partial charge on any atom is 0.341 e. The summed E-state index contributed by atoms with van der Waals surface area (Å²) in [6.45, 7) is 1.53. The van der Waals surface area contributed by atoms with E-state index in [1.807, 2.05) is 6.07 Å². The first kappa shape index (κ1) is 20.5. The summed E-state index contributed by atoms with van der Waals surface area (Å²) in [6, 6.07) is 11.5. The van der Waals surface area contributed by atoms with Crippen molar-refractivity contribution in [3.05, 3.63) is 59.4 Å². The lowest BCUT2D eigenvalue weighted by Gasteiger charge is -2.11. The molecule has 0 bridgehead atoms. The zero-order chi connectivity index (χ0) is 20.5. The summed E-state index contributed by atoms with van der Waals surface area (Å²) < 4.78 is 23.5. The molecule has 0 saturated heterocycles. The van der Waals surface area contributed by atoms with Crippen LogP contribution in [0.15, 0.2) is 48.0 Å². The predicted octanol–water partition coefficient (Wildman–Crippen LogP) is 3.23. The Morgan fingerprint density at radius 1 is 1.18 bits per heavy atom. The normalized spacial score (nSPS) is 10.7. The lowest BCUT2D eigenvalue weighted by atomic mass is 10.1. The molecule has 0 spiro atoms. The SMILES string of the molecule is CCOc1cc(/C=C(/C#N)C(=O)Nc2ccc(F)cc2)ccc1OCC(=O)O. The number of nitrogens with one attached hydrogen (secondary N) is 1. The first-order valence-corrected chi connectivity index (χ1v) is 8.23. The number of nitrogens with zero attached hydrogens (tertiary/aromatic N) is 1. The number of hydrogen-bond donors (Lipinski definition) is 2. The van der Waals surface area contributed by atoms with Gasteiger partial charge in [-0.15, -0.1) is 0 Å². The number of carboxylic acid groups (broad SMARTS) is 1. The van der Waals surface area contributed by atoms with Gasteiger partial charge in [0.15, 0.2) is 18.1 Å². The van der Waals surface area contributed by atoms with Crippen LogP contribution < -0.4 is 14.8 Å². The predicted molar refractivity (Wildman–Crippen MR) is 99.4 cm³/mol. The van der Waals surface area contributed by atoms with Gasteiger partial charge in [-0.25, -0.2) is 9.18 Å². The Bertz CT molecular complexity index is 933. The summed E-state index contributed by atoms with van der Waals surface area (Å²) in [5.74, 6) is -1.71. The molecule has 144 valence electrons. The molecular formula is C20H17FN2O5. The number of halogens is 1. The highest BCUT2D eigenvalue weighted by Crippen LogP contribution is 2.29. The van der Waals surface area contributed by atoms with Gasteiger partial charge in [0.1, 0.15) is 17.5 Å². The lowest BCUT2D eigenvalue weighted by molar-refractivity contribution is -0.139. The van der Waals surface area contributed by atoms with Crippen LogP contribution >= 0.6 is 0 Å². The van der Waals surface area contributed by atoms with E-state index in [1.165, 1.54) is 42.5 Å². The summed E-state index contributed by atoms with van der Waals surface area (Å²) in [5.41, 5.74) is 0.655. The van der Waals surface area contributed by atoms with Crippen LogP contribution in [0, 0.1) is 17.1 Å². The standard InChI is InChI=1S/C20H17FN2O5/c1-2-27-18-10-13(3-8-17(18)28-12-19(24)25)9-14(11-22)20(26)23-16-6-4-15(21)5-7-16/h3-10H,2,12H2,1H3,(H,23,26)(H,24,25)/b14-9-. The van der Waals surface area contributed by atoms with E-state index in [9.17, 15) is 19.2 Å². The van der Waals surface area contributed by atoms with Crippen LogP contribution in [0.5, 0.6) is 11.5 Å². The number of rotatable bonds is 8. The molecule has 0 radical (unpaired) electrons. The Hall–Kier alpha value is -3.86. The van der Waals surface area contributed by atoms with Gasteiger partial charge in [0.2, 0.25) is 0 Å². The van der Waals surface area contributed by atoms with Crippen molar-refractivity contribution in [1.29, 1.82) is 5.26 Å². The molecule has 0 atom stereocenters. The largest absolute Gasteiger partial charge is 0.490 e. The quantitative estimate of drug-likeness (QED) is 0.534. The second-order valence-electron chi connectivity index (χ2n) is 5.45. The molecule has 2 aromatic carbocycles. The van der Waals surface area contributed by atoms with Crippen molar-refractivity contribution in [3.63, 3.8) is 0 Å². The highest BCUT2D eigenvalue weighted by Gasteiger charge is 2.12. The third-order valence-corrected chi connectivity index (χ3v) is 3.40.